The zero-order chi connectivity index (χ0) is 18.6. The van der Waals surface area contributed by atoms with E-state index in [1.807, 2.05) is 28.6 Å². The van der Waals surface area contributed by atoms with Crippen molar-refractivity contribution in [2.45, 2.75) is 17.6 Å². The molecular formula is C17H20N8OS. The van der Waals surface area contributed by atoms with Crippen LogP contribution in [0.3, 0.4) is 0 Å². The molecule has 2 amide bonds. The summed E-state index contributed by atoms with van der Waals surface area (Å²) in [4.78, 5) is 26.5. The van der Waals surface area contributed by atoms with Gasteiger partial charge in [0, 0.05) is 50.4 Å². The number of nitrogens with one attached hydrogen (secondary N) is 2. The topological polar surface area (TPSA) is 105 Å². The predicted molar refractivity (Wildman–Crippen MR) is 100 cm³/mol. The van der Waals surface area contributed by atoms with Gasteiger partial charge in [0.05, 0.1) is 12.0 Å². The Morgan fingerprint density at radius 3 is 3.19 bits per heavy atom. The van der Waals surface area contributed by atoms with E-state index in [2.05, 4.69) is 30.5 Å². The van der Waals surface area contributed by atoms with Crippen LogP contribution in [0, 0.1) is 0 Å². The van der Waals surface area contributed by atoms with Crippen LogP contribution in [0.1, 0.15) is 23.0 Å². The zero-order valence-corrected chi connectivity index (χ0v) is 15.7. The molecular weight excluding hydrogens is 364 g/mol. The molecule has 0 radical (unpaired) electrons. The van der Waals surface area contributed by atoms with E-state index in [0.717, 1.165) is 34.3 Å². The molecule has 140 valence electrons. The van der Waals surface area contributed by atoms with Crippen LogP contribution in [0.5, 0.6) is 0 Å². The van der Waals surface area contributed by atoms with Crippen LogP contribution in [0.4, 0.5) is 4.79 Å². The number of pyridine rings is 1. The summed E-state index contributed by atoms with van der Waals surface area (Å²) in [5.74, 6) is 0.720. The minimum absolute atomic E-state index is 0.101. The fraction of sp³-hybridized carbons (Fsp3) is 0.353. The number of aromatic nitrogens is 6. The number of H-pyrrole nitrogens is 1. The van der Waals surface area contributed by atoms with Gasteiger partial charge in [-0.15, -0.1) is 10.2 Å². The van der Waals surface area contributed by atoms with E-state index < -0.39 is 0 Å². The SMILES string of the molecule is Cn1cnnc1SCCNC(=O)N1CCc2[nH]cnc2[C@H]1c1cccnc1. The lowest BCUT2D eigenvalue weighted by Crippen LogP contribution is -2.46. The Morgan fingerprint density at radius 2 is 2.41 bits per heavy atom. The molecule has 0 aromatic carbocycles. The number of thioether (sulfide) groups is 1. The average molecular weight is 384 g/mol. The fourth-order valence-electron chi connectivity index (χ4n) is 3.18. The quantitative estimate of drug-likeness (QED) is 0.509. The van der Waals surface area contributed by atoms with Gasteiger partial charge in [-0.25, -0.2) is 9.78 Å². The summed E-state index contributed by atoms with van der Waals surface area (Å²) in [5, 5.41) is 11.7. The van der Waals surface area contributed by atoms with Crippen molar-refractivity contribution < 1.29 is 4.79 Å². The number of aryl methyl sites for hydroxylation is 1. The lowest BCUT2D eigenvalue weighted by atomic mass is 9.97. The van der Waals surface area contributed by atoms with Gasteiger partial charge < -0.3 is 19.8 Å². The largest absolute Gasteiger partial charge is 0.348 e. The zero-order valence-electron chi connectivity index (χ0n) is 14.9. The molecule has 2 N–H and O–H groups in total. The molecule has 0 aliphatic carbocycles. The van der Waals surface area contributed by atoms with Crippen molar-refractivity contribution in [3.63, 3.8) is 0 Å². The molecule has 0 fully saturated rings. The number of fused-ring (bicyclic) bond motifs is 1. The number of hydrogen-bond acceptors (Lipinski definition) is 6. The average Bonchev–Trinajstić information content (AvgIpc) is 3.33. The lowest BCUT2D eigenvalue weighted by Gasteiger charge is -2.35. The van der Waals surface area contributed by atoms with Crippen molar-refractivity contribution >= 4 is 17.8 Å². The maximum absolute atomic E-state index is 12.9. The predicted octanol–water partition coefficient (Wildman–Crippen LogP) is 1.38. The number of carbonyl (C=O) groups is 1. The molecule has 1 aliphatic heterocycles. The lowest BCUT2D eigenvalue weighted by molar-refractivity contribution is 0.179. The molecule has 3 aromatic heterocycles. The first-order valence-corrected chi connectivity index (χ1v) is 9.66. The maximum atomic E-state index is 12.9. The Labute approximate surface area is 160 Å². The first-order chi connectivity index (χ1) is 13.2. The molecule has 0 spiro atoms. The number of urea groups is 1. The van der Waals surface area contributed by atoms with Crippen molar-refractivity contribution in [2.75, 3.05) is 18.8 Å². The molecule has 4 heterocycles. The van der Waals surface area contributed by atoms with Crippen LogP contribution in [0.15, 0.2) is 42.3 Å². The summed E-state index contributed by atoms with van der Waals surface area (Å²) in [7, 11) is 1.90. The van der Waals surface area contributed by atoms with Gasteiger partial charge in [-0.1, -0.05) is 17.8 Å². The molecule has 0 saturated carbocycles. The van der Waals surface area contributed by atoms with Gasteiger partial charge in [-0.05, 0) is 11.6 Å². The van der Waals surface area contributed by atoms with Gasteiger partial charge in [0.2, 0.25) is 0 Å². The first kappa shape index (κ1) is 17.5. The van der Waals surface area contributed by atoms with Crippen molar-refractivity contribution in [2.24, 2.45) is 7.05 Å². The second kappa shape index (κ2) is 7.78. The van der Waals surface area contributed by atoms with Crippen molar-refractivity contribution in [1.29, 1.82) is 0 Å². The second-order valence-corrected chi connectivity index (χ2v) is 7.27. The van der Waals surface area contributed by atoms with Crippen molar-refractivity contribution in [3.05, 3.63) is 54.1 Å². The normalized spacial score (nSPS) is 16.2. The Balaban J connectivity index is 1.43. The van der Waals surface area contributed by atoms with E-state index in [1.165, 1.54) is 0 Å². The third kappa shape index (κ3) is 3.65. The third-order valence-corrected chi connectivity index (χ3v) is 5.50. The molecule has 1 aliphatic rings. The molecule has 9 nitrogen and oxygen atoms in total. The van der Waals surface area contributed by atoms with Gasteiger partial charge in [-0.2, -0.15) is 0 Å². The number of hydrogen-bond donors (Lipinski definition) is 2. The highest BCUT2D eigenvalue weighted by atomic mass is 32.2. The van der Waals surface area contributed by atoms with Gasteiger partial charge in [-0.3, -0.25) is 4.98 Å². The van der Waals surface area contributed by atoms with Gasteiger partial charge in [0.1, 0.15) is 12.4 Å². The number of carbonyl (C=O) groups excluding carboxylic acids is 1. The van der Waals surface area contributed by atoms with E-state index >= 15 is 0 Å². The molecule has 0 unspecified atom stereocenters. The minimum Gasteiger partial charge on any atom is -0.348 e. The Bertz CT molecular complexity index is 909. The standard InChI is InChI=1S/C17H20N8OS/c1-24-11-22-23-17(24)27-8-6-19-16(26)25-7-4-13-14(21-10-20-13)15(25)12-3-2-5-18-9-12/h2-3,5,9-11,15H,4,6-8H2,1H3,(H,19,26)(H,20,21)/t15-/m1/s1. The minimum atomic E-state index is -0.236. The van der Waals surface area contributed by atoms with E-state index in [-0.39, 0.29) is 12.1 Å². The van der Waals surface area contributed by atoms with Gasteiger partial charge >= 0.3 is 6.03 Å². The van der Waals surface area contributed by atoms with Gasteiger partial charge in [0.15, 0.2) is 5.16 Å². The summed E-state index contributed by atoms with van der Waals surface area (Å²) in [6.07, 6.45) is 7.62. The van der Waals surface area contributed by atoms with Crippen LogP contribution in [-0.4, -0.2) is 59.5 Å². The van der Waals surface area contributed by atoms with Crippen LogP contribution in [-0.2, 0) is 13.5 Å². The summed E-state index contributed by atoms with van der Waals surface area (Å²) < 4.78 is 1.86. The highest BCUT2D eigenvalue weighted by Crippen LogP contribution is 2.32. The highest BCUT2D eigenvalue weighted by molar-refractivity contribution is 7.99. The van der Waals surface area contributed by atoms with E-state index in [0.29, 0.717) is 13.1 Å². The van der Waals surface area contributed by atoms with E-state index in [1.54, 1.807) is 36.8 Å². The number of nitrogens with zero attached hydrogens (tertiary/aromatic N) is 6. The number of amides is 2. The first-order valence-electron chi connectivity index (χ1n) is 8.67. The molecule has 10 heteroatoms. The molecule has 27 heavy (non-hydrogen) atoms. The van der Waals surface area contributed by atoms with Gasteiger partial charge in [0.25, 0.3) is 0 Å². The molecule has 3 aromatic rings. The third-order valence-electron chi connectivity index (χ3n) is 4.47. The number of aromatic amines is 1. The summed E-state index contributed by atoms with van der Waals surface area (Å²) in [5.41, 5.74) is 2.91. The molecule has 0 bridgehead atoms. The van der Waals surface area contributed by atoms with E-state index in [9.17, 15) is 4.79 Å². The smallest absolute Gasteiger partial charge is 0.318 e. The highest BCUT2D eigenvalue weighted by Gasteiger charge is 2.34. The number of rotatable bonds is 5. The van der Waals surface area contributed by atoms with Crippen LogP contribution in [0.25, 0.3) is 0 Å². The number of imidazole rings is 1. The monoisotopic (exact) mass is 384 g/mol. The van der Waals surface area contributed by atoms with Crippen molar-refractivity contribution in [3.8, 4) is 0 Å². The summed E-state index contributed by atoms with van der Waals surface area (Å²) in [6.45, 7) is 1.16. The second-order valence-electron chi connectivity index (χ2n) is 6.20. The van der Waals surface area contributed by atoms with Crippen LogP contribution < -0.4 is 5.32 Å². The fourth-order valence-corrected chi connectivity index (χ4v) is 3.92. The van der Waals surface area contributed by atoms with E-state index in [4.69, 9.17) is 0 Å². The van der Waals surface area contributed by atoms with Crippen LogP contribution >= 0.6 is 11.8 Å². The Hall–Kier alpha value is -2.88. The Morgan fingerprint density at radius 1 is 1.48 bits per heavy atom. The molecule has 4 rings (SSSR count). The molecule has 0 saturated heterocycles. The summed E-state index contributed by atoms with van der Waals surface area (Å²) >= 11 is 1.56. The maximum Gasteiger partial charge on any atom is 0.318 e. The molecule has 1 atom stereocenters. The summed E-state index contributed by atoms with van der Waals surface area (Å²) in [6, 6.07) is 3.52. The van der Waals surface area contributed by atoms with Crippen LogP contribution in [0.2, 0.25) is 0 Å². The van der Waals surface area contributed by atoms with Crippen molar-refractivity contribution in [1.82, 2.24) is 39.9 Å². The Kier molecular flexibility index (Phi) is 5.05.